The Kier molecular flexibility index (Phi) is 4.32. The lowest BCUT2D eigenvalue weighted by atomic mass is 9.71. The average Bonchev–Trinajstić information content (AvgIpc) is 2.20. The zero-order valence-electron chi connectivity index (χ0n) is 8.73. The minimum absolute atomic E-state index is 0.447. The molecule has 0 atom stereocenters. The van der Waals surface area contributed by atoms with Crippen molar-refractivity contribution in [1.82, 2.24) is 0 Å². The van der Waals surface area contributed by atoms with Crippen LogP contribution in [0.3, 0.4) is 0 Å². The fourth-order valence-corrected chi connectivity index (χ4v) is 2.31. The maximum atomic E-state index is 5.87. The molecule has 13 heavy (non-hydrogen) atoms. The fourth-order valence-electron chi connectivity index (χ4n) is 2.31. The summed E-state index contributed by atoms with van der Waals surface area (Å²) >= 11 is 0. The topological polar surface area (TPSA) is 26.0 Å². The molecule has 2 N–H and O–H groups in total. The molecule has 1 aliphatic carbocycles. The van der Waals surface area contributed by atoms with Crippen molar-refractivity contribution in [1.29, 1.82) is 0 Å². The van der Waals surface area contributed by atoms with Crippen LogP contribution in [-0.4, -0.2) is 6.54 Å². The number of nitrogens with two attached hydrogens (primary N) is 1. The van der Waals surface area contributed by atoms with Gasteiger partial charge in [0.2, 0.25) is 0 Å². The van der Waals surface area contributed by atoms with E-state index in [1.807, 2.05) is 6.92 Å². The SMILES string of the molecule is CC#CCCC1(CN)CCCCC1. The number of rotatable bonds is 3. The van der Waals surface area contributed by atoms with Crippen LogP contribution in [0.25, 0.3) is 0 Å². The minimum Gasteiger partial charge on any atom is -0.330 e. The van der Waals surface area contributed by atoms with Crippen molar-refractivity contribution >= 4 is 0 Å². The quantitative estimate of drug-likeness (QED) is 0.662. The Balaban J connectivity index is 2.41. The summed E-state index contributed by atoms with van der Waals surface area (Å²) in [6, 6.07) is 0. The molecule has 1 rings (SSSR count). The smallest absolute Gasteiger partial charge is 0.00943 e. The van der Waals surface area contributed by atoms with Gasteiger partial charge in [-0.25, -0.2) is 0 Å². The average molecular weight is 179 g/mol. The maximum absolute atomic E-state index is 5.87. The molecule has 0 aromatic heterocycles. The highest BCUT2D eigenvalue weighted by Gasteiger charge is 2.29. The van der Waals surface area contributed by atoms with Crippen LogP contribution in [-0.2, 0) is 0 Å². The first-order valence-electron chi connectivity index (χ1n) is 5.43. The third-order valence-electron chi connectivity index (χ3n) is 3.30. The fraction of sp³-hybridized carbons (Fsp3) is 0.833. The van der Waals surface area contributed by atoms with Crippen LogP contribution >= 0.6 is 0 Å². The van der Waals surface area contributed by atoms with Gasteiger partial charge < -0.3 is 5.73 Å². The molecule has 0 radical (unpaired) electrons. The van der Waals surface area contributed by atoms with Crippen molar-refractivity contribution in [2.45, 2.75) is 51.9 Å². The van der Waals surface area contributed by atoms with E-state index >= 15 is 0 Å². The van der Waals surface area contributed by atoms with Crippen molar-refractivity contribution in [3.05, 3.63) is 0 Å². The molecule has 0 amide bonds. The van der Waals surface area contributed by atoms with Crippen LogP contribution in [0, 0.1) is 17.3 Å². The largest absolute Gasteiger partial charge is 0.330 e. The van der Waals surface area contributed by atoms with E-state index in [1.54, 1.807) is 0 Å². The Hall–Kier alpha value is -0.480. The van der Waals surface area contributed by atoms with Gasteiger partial charge in [-0.15, -0.1) is 11.8 Å². The standard InChI is InChI=1S/C12H21N/c1-2-3-5-8-12(11-13)9-6-4-7-10-12/h4-11,13H2,1H3. The summed E-state index contributed by atoms with van der Waals surface area (Å²) in [5, 5.41) is 0. The van der Waals surface area contributed by atoms with Crippen molar-refractivity contribution in [3.8, 4) is 11.8 Å². The van der Waals surface area contributed by atoms with E-state index in [-0.39, 0.29) is 0 Å². The molecule has 74 valence electrons. The predicted octanol–water partition coefficient (Wildman–Crippen LogP) is 2.70. The van der Waals surface area contributed by atoms with Gasteiger partial charge in [0, 0.05) is 6.42 Å². The van der Waals surface area contributed by atoms with Crippen LogP contribution in [0.2, 0.25) is 0 Å². The van der Waals surface area contributed by atoms with E-state index in [0.29, 0.717) is 5.41 Å². The monoisotopic (exact) mass is 179 g/mol. The molecule has 1 heteroatoms. The van der Waals surface area contributed by atoms with E-state index in [0.717, 1.165) is 13.0 Å². The molecule has 0 aromatic rings. The van der Waals surface area contributed by atoms with Gasteiger partial charge in [-0.05, 0) is 38.1 Å². The van der Waals surface area contributed by atoms with Crippen LogP contribution in [0.1, 0.15) is 51.9 Å². The van der Waals surface area contributed by atoms with E-state index in [1.165, 1.54) is 38.5 Å². The molecule has 0 unspecified atom stereocenters. The lowest BCUT2D eigenvalue weighted by Crippen LogP contribution is -2.32. The van der Waals surface area contributed by atoms with Gasteiger partial charge in [-0.3, -0.25) is 0 Å². The normalized spacial score (nSPS) is 20.5. The molecule has 0 heterocycles. The molecule has 0 aromatic carbocycles. The molecule has 1 saturated carbocycles. The summed E-state index contributed by atoms with van der Waals surface area (Å²) in [7, 11) is 0. The van der Waals surface area contributed by atoms with Gasteiger partial charge in [0.1, 0.15) is 0 Å². The predicted molar refractivity (Wildman–Crippen MR) is 57.3 cm³/mol. The van der Waals surface area contributed by atoms with Crippen LogP contribution < -0.4 is 5.73 Å². The molecule has 0 spiro atoms. The zero-order chi connectivity index (χ0) is 9.57. The number of hydrogen-bond acceptors (Lipinski definition) is 1. The highest BCUT2D eigenvalue weighted by Crippen LogP contribution is 2.38. The van der Waals surface area contributed by atoms with Crippen molar-refractivity contribution in [2.24, 2.45) is 11.1 Å². The first-order chi connectivity index (χ1) is 6.33. The summed E-state index contributed by atoms with van der Waals surface area (Å²) in [5.74, 6) is 6.11. The molecule has 0 bridgehead atoms. The van der Waals surface area contributed by atoms with E-state index in [9.17, 15) is 0 Å². The third-order valence-corrected chi connectivity index (χ3v) is 3.30. The molecule has 1 nitrogen and oxygen atoms in total. The molecular weight excluding hydrogens is 158 g/mol. The Morgan fingerprint density at radius 2 is 1.92 bits per heavy atom. The lowest BCUT2D eigenvalue weighted by Gasteiger charge is -2.35. The van der Waals surface area contributed by atoms with Crippen molar-refractivity contribution in [3.63, 3.8) is 0 Å². The van der Waals surface area contributed by atoms with Gasteiger partial charge in [0.15, 0.2) is 0 Å². The Bertz CT molecular complexity index is 191. The summed E-state index contributed by atoms with van der Waals surface area (Å²) in [6.45, 7) is 2.77. The summed E-state index contributed by atoms with van der Waals surface area (Å²) in [6.07, 6.45) is 9.05. The lowest BCUT2D eigenvalue weighted by molar-refractivity contribution is 0.185. The third kappa shape index (κ3) is 3.04. The second-order valence-electron chi connectivity index (χ2n) is 4.19. The van der Waals surface area contributed by atoms with Crippen LogP contribution in [0.5, 0.6) is 0 Å². The minimum atomic E-state index is 0.447. The molecular formula is C12H21N. The Labute approximate surface area is 82.1 Å². The molecule has 1 aliphatic rings. The molecule has 0 saturated heterocycles. The van der Waals surface area contributed by atoms with Gasteiger partial charge in [0.05, 0.1) is 0 Å². The maximum Gasteiger partial charge on any atom is 0.00943 e. The summed E-state index contributed by atoms with van der Waals surface area (Å²) in [4.78, 5) is 0. The zero-order valence-corrected chi connectivity index (χ0v) is 8.73. The van der Waals surface area contributed by atoms with Gasteiger partial charge in [0.25, 0.3) is 0 Å². The summed E-state index contributed by atoms with van der Waals surface area (Å²) in [5.41, 5.74) is 6.32. The van der Waals surface area contributed by atoms with Crippen LogP contribution in [0.15, 0.2) is 0 Å². The van der Waals surface area contributed by atoms with E-state index in [4.69, 9.17) is 5.73 Å². The summed E-state index contributed by atoms with van der Waals surface area (Å²) < 4.78 is 0. The van der Waals surface area contributed by atoms with E-state index < -0.39 is 0 Å². The Morgan fingerprint density at radius 1 is 1.23 bits per heavy atom. The second kappa shape index (κ2) is 5.29. The van der Waals surface area contributed by atoms with E-state index in [2.05, 4.69) is 11.8 Å². The molecule has 1 fully saturated rings. The van der Waals surface area contributed by atoms with Gasteiger partial charge in [-0.1, -0.05) is 19.3 Å². The highest BCUT2D eigenvalue weighted by molar-refractivity contribution is 4.97. The first kappa shape index (κ1) is 10.6. The number of hydrogen-bond donors (Lipinski definition) is 1. The first-order valence-corrected chi connectivity index (χ1v) is 5.43. The van der Waals surface area contributed by atoms with Crippen molar-refractivity contribution in [2.75, 3.05) is 6.54 Å². The Morgan fingerprint density at radius 3 is 2.46 bits per heavy atom. The molecule has 0 aliphatic heterocycles. The van der Waals surface area contributed by atoms with Gasteiger partial charge >= 0.3 is 0 Å². The van der Waals surface area contributed by atoms with Crippen LogP contribution in [0.4, 0.5) is 0 Å². The van der Waals surface area contributed by atoms with Crippen molar-refractivity contribution < 1.29 is 0 Å². The highest BCUT2D eigenvalue weighted by atomic mass is 14.6. The second-order valence-corrected chi connectivity index (χ2v) is 4.19. The van der Waals surface area contributed by atoms with Gasteiger partial charge in [-0.2, -0.15) is 0 Å².